The van der Waals surface area contributed by atoms with Crippen LogP contribution in [-0.4, -0.2) is 162 Å². The van der Waals surface area contributed by atoms with E-state index < -0.39 is 11.7 Å². The Kier molecular flexibility index (Phi) is 29.8. The lowest BCUT2D eigenvalue weighted by atomic mass is 9.74. The molecule has 11 atom stereocenters. The Bertz CT molecular complexity index is 2470. The average molecular weight is 1280 g/mol. The van der Waals surface area contributed by atoms with E-state index in [-0.39, 0.29) is 58.8 Å². The molecule has 2 saturated carbocycles. The van der Waals surface area contributed by atoms with Gasteiger partial charge in [-0.05, 0) is 153 Å². The van der Waals surface area contributed by atoms with Gasteiger partial charge in [0.2, 0.25) is 5.91 Å². The van der Waals surface area contributed by atoms with Crippen LogP contribution in [0, 0.1) is 23.7 Å². The Balaban J connectivity index is 1.19. The zero-order valence-corrected chi connectivity index (χ0v) is 58.8. The number of piperidine rings is 1. The van der Waals surface area contributed by atoms with Gasteiger partial charge in [-0.2, -0.15) is 13.2 Å². The van der Waals surface area contributed by atoms with Crippen LogP contribution in [-0.2, 0) is 17.4 Å². The summed E-state index contributed by atoms with van der Waals surface area (Å²) in [6.07, 6.45) is 32.3. The molecule has 90 heavy (non-hydrogen) atoms. The number of rotatable bonds is 13. The summed E-state index contributed by atoms with van der Waals surface area (Å²) in [6, 6.07) is 6.03. The maximum absolute atomic E-state index is 14.8. The number of benzene rings is 1. The molecule has 0 bridgehead atoms. The smallest absolute Gasteiger partial charge is 0.390 e. The first-order valence-corrected chi connectivity index (χ1v) is 36.4. The minimum absolute atomic E-state index is 0.0382. The van der Waals surface area contributed by atoms with Gasteiger partial charge in [-0.1, -0.05) is 123 Å². The number of carbonyl (C=O) groups excluding carboxylic acids is 1. The van der Waals surface area contributed by atoms with Crippen molar-refractivity contribution >= 4 is 23.2 Å². The van der Waals surface area contributed by atoms with Gasteiger partial charge in [-0.3, -0.25) is 14.7 Å². The second-order valence-electron chi connectivity index (χ2n) is 28.9. The van der Waals surface area contributed by atoms with E-state index >= 15 is 0 Å². The van der Waals surface area contributed by atoms with Crippen molar-refractivity contribution in [1.29, 1.82) is 0 Å². The Labute approximate surface area is 549 Å². The number of allylic oxidation sites excluding steroid dienone is 3. The number of alkyl halides is 3. The predicted octanol–water partition coefficient (Wildman–Crippen LogP) is 13.8. The number of aryl methyl sites for hydroxylation is 1. The lowest BCUT2D eigenvalue weighted by molar-refractivity contribution is -0.162. The van der Waals surface area contributed by atoms with Crippen LogP contribution in [0.1, 0.15) is 215 Å². The molecule has 4 heterocycles. The number of likely N-dealkylation sites (tertiary alicyclic amines) is 1. The molecule has 6 N–H and O–H groups in total. The van der Waals surface area contributed by atoms with Crippen LogP contribution < -0.4 is 31.9 Å². The van der Waals surface area contributed by atoms with Gasteiger partial charge >= 0.3 is 6.18 Å². The van der Waals surface area contributed by atoms with E-state index in [4.69, 9.17) is 16.6 Å². The maximum atomic E-state index is 14.8. The number of nitrogens with one attached hydrogen (secondary N) is 6. The third kappa shape index (κ3) is 21.2. The summed E-state index contributed by atoms with van der Waals surface area (Å²) in [5.41, 5.74) is 3.33. The number of halogens is 4. The first kappa shape index (κ1) is 73.8. The van der Waals surface area contributed by atoms with Gasteiger partial charge in [0, 0.05) is 168 Å². The molecule has 5 fully saturated rings. The number of fused-ring (bicyclic) bond motifs is 2. The summed E-state index contributed by atoms with van der Waals surface area (Å²) in [4.78, 5) is 31.9. The Morgan fingerprint density at radius 1 is 0.822 bits per heavy atom. The second kappa shape index (κ2) is 36.3. The number of unbranched alkanes of at least 4 members (excludes halogenated alkanes) is 2. The molecule has 1 amide bonds. The molecule has 13 nitrogen and oxygen atoms in total. The molecular weight excluding hydrogens is 1150 g/mol. The summed E-state index contributed by atoms with van der Waals surface area (Å²) in [5, 5.41) is 24.0. The van der Waals surface area contributed by atoms with Crippen molar-refractivity contribution in [2.75, 3.05) is 66.5 Å². The van der Waals surface area contributed by atoms with Crippen molar-refractivity contribution in [2.24, 2.45) is 28.7 Å². The van der Waals surface area contributed by atoms with Crippen LogP contribution in [0.4, 0.5) is 13.2 Å². The first-order chi connectivity index (χ1) is 43.1. The standard InChI is InChI=1S/C73H124ClF3N12O/c1-13-15-18-29-66-55(7)81-48-68-69(71(90)87-41-23-17-24-42-87)58(10)89(68)70(52(3)4)56(8)84-72(35-21-22-36-72)51-79-39-38-78-37-34-61(32-30-60-31-33-64(65(74)46-60)73(75,76)77)80-40-44-85(11)49-63(45-59-26-19-16-20-27-59)86(12)50-62-28-25-43-88(62)57(9)54(6)83-67(47-82-66)53(5)14-2/h31,33-34,37,40,44,46,49-50,52-59,66-70,78-79,81-84H,13-30,32,35-36,38-39,41-43,45,47-48,51H2,1-12H3/t53-,54?,55?,56?,57-,58?,66-,67+,68?,69-,70-/m0/s1. The monoisotopic (exact) mass is 1280 g/mol. The van der Waals surface area contributed by atoms with Gasteiger partial charge in [-0.25, -0.2) is 0 Å². The molecule has 4 aliphatic heterocycles. The molecule has 1 spiro atoms. The van der Waals surface area contributed by atoms with Gasteiger partial charge in [0.1, 0.15) is 0 Å². The maximum Gasteiger partial charge on any atom is 0.417 e. The molecule has 510 valence electrons. The predicted molar refractivity (Wildman–Crippen MR) is 370 cm³/mol. The molecule has 5 unspecified atom stereocenters. The van der Waals surface area contributed by atoms with Crippen molar-refractivity contribution in [1.82, 2.24) is 56.4 Å². The van der Waals surface area contributed by atoms with E-state index in [1.165, 1.54) is 94.2 Å². The topological polar surface area (TPSA) is 118 Å². The van der Waals surface area contributed by atoms with Crippen LogP contribution in [0.25, 0.3) is 0 Å². The number of amides is 1. The molecule has 0 aromatic heterocycles. The summed E-state index contributed by atoms with van der Waals surface area (Å²) in [5.74, 6) is 1.79. The fourth-order valence-electron chi connectivity index (χ4n) is 16.1. The van der Waals surface area contributed by atoms with E-state index in [0.29, 0.717) is 55.1 Å². The Morgan fingerprint density at radius 2 is 1.56 bits per heavy atom. The third-order valence-electron chi connectivity index (χ3n) is 21.8. The van der Waals surface area contributed by atoms with E-state index in [9.17, 15) is 18.0 Å². The SMILES string of the molecule is CCCCC[C@@H]1NC[C@H]([C@@H](C)CC)NC(C)[C@H](C)N2CCCC2=CN(C)C(CC2CCCCC2)=CN(C)C=CN=C(CCc2ccc(C(F)(F)F)c(Cl)c2)C=CNCCNCC2(CCCC2)NC(C)[C@H](C(C)C)N2C(C)[C@H](C(=O)N3CCCCC3)C2CNC1C. The zero-order valence-electron chi connectivity index (χ0n) is 58.0. The van der Waals surface area contributed by atoms with Gasteiger partial charge in [-0.15, -0.1) is 0 Å². The highest BCUT2D eigenvalue weighted by Gasteiger charge is 2.55. The van der Waals surface area contributed by atoms with E-state index in [0.717, 1.165) is 121 Å². The normalized spacial score (nSPS) is 29.8. The van der Waals surface area contributed by atoms with Crippen LogP contribution in [0.5, 0.6) is 0 Å². The Hall–Kier alpha value is -3.64. The highest BCUT2D eigenvalue weighted by Crippen LogP contribution is 2.41. The van der Waals surface area contributed by atoms with Crippen LogP contribution in [0.2, 0.25) is 5.02 Å². The van der Waals surface area contributed by atoms with Crippen molar-refractivity contribution in [3.05, 3.63) is 82.8 Å². The number of hydrogen-bond donors (Lipinski definition) is 6. The minimum Gasteiger partial charge on any atom is -0.390 e. The van der Waals surface area contributed by atoms with Gasteiger partial charge in [0.15, 0.2) is 0 Å². The molecular formula is C73H124ClF3N12O. The van der Waals surface area contributed by atoms with Gasteiger partial charge in [0.25, 0.3) is 0 Å². The van der Waals surface area contributed by atoms with E-state index in [1.54, 1.807) is 0 Å². The zero-order chi connectivity index (χ0) is 65.0. The van der Waals surface area contributed by atoms with Crippen molar-refractivity contribution < 1.29 is 18.0 Å². The molecule has 17 heteroatoms. The second-order valence-corrected chi connectivity index (χ2v) is 29.3. The third-order valence-corrected chi connectivity index (χ3v) is 22.1. The molecule has 1 aromatic carbocycles. The lowest BCUT2D eigenvalue weighted by Gasteiger charge is -2.60. The highest BCUT2D eigenvalue weighted by molar-refractivity contribution is 6.31. The number of hydrogen-bond acceptors (Lipinski definition) is 12. The van der Waals surface area contributed by atoms with Crippen LogP contribution in [0.3, 0.4) is 0 Å². The molecule has 6 aliphatic rings. The van der Waals surface area contributed by atoms with Gasteiger partial charge < -0.3 is 51.5 Å². The minimum atomic E-state index is -4.51. The summed E-state index contributed by atoms with van der Waals surface area (Å²) in [7, 11) is 4.31. The summed E-state index contributed by atoms with van der Waals surface area (Å²) in [6.45, 7) is 30.6. The number of aliphatic imine (C=N–C) groups is 1. The molecule has 0 radical (unpaired) electrons. The number of carbonyl (C=O) groups is 1. The summed E-state index contributed by atoms with van der Waals surface area (Å²) >= 11 is 6.20. The van der Waals surface area contributed by atoms with Crippen LogP contribution in [0.15, 0.2) is 71.7 Å². The van der Waals surface area contributed by atoms with Crippen molar-refractivity contribution in [2.45, 2.75) is 277 Å². The lowest BCUT2D eigenvalue weighted by Crippen LogP contribution is -2.76. The van der Waals surface area contributed by atoms with Gasteiger partial charge in [0.05, 0.1) is 16.5 Å². The van der Waals surface area contributed by atoms with E-state index in [1.807, 2.05) is 24.7 Å². The van der Waals surface area contributed by atoms with Crippen molar-refractivity contribution in [3.8, 4) is 0 Å². The fraction of sp³-hybridized carbons (Fsp3) is 0.781. The fourth-order valence-corrected chi connectivity index (χ4v) is 16.4. The summed E-state index contributed by atoms with van der Waals surface area (Å²) < 4.78 is 41.1. The average Bonchev–Trinajstić information content (AvgIpc) is 0.845. The highest BCUT2D eigenvalue weighted by atomic mass is 35.5. The molecule has 2 aliphatic carbocycles. The molecule has 3 saturated heterocycles. The van der Waals surface area contributed by atoms with E-state index in [2.05, 4.69) is 152 Å². The number of nitrogens with zero attached hydrogens (tertiary/aromatic N) is 6. The molecule has 1 aromatic rings. The Morgan fingerprint density at radius 3 is 2.24 bits per heavy atom. The van der Waals surface area contributed by atoms with Crippen molar-refractivity contribution in [3.63, 3.8) is 0 Å². The largest absolute Gasteiger partial charge is 0.417 e. The first-order valence-electron chi connectivity index (χ1n) is 36.0. The van der Waals surface area contributed by atoms with Crippen LogP contribution >= 0.6 is 11.6 Å². The quantitative estimate of drug-likeness (QED) is 0.106. The molecule has 7 rings (SSSR count).